The predicted molar refractivity (Wildman–Crippen MR) is 71.4 cm³/mol. The number of ketones is 1. The van der Waals surface area contributed by atoms with Gasteiger partial charge in [-0.25, -0.2) is 4.39 Å². The lowest BCUT2D eigenvalue weighted by Gasteiger charge is -2.31. The molecule has 0 unspecified atom stereocenters. The molecule has 1 aromatic rings. The fourth-order valence-corrected chi connectivity index (χ4v) is 2.18. The van der Waals surface area contributed by atoms with E-state index >= 15 is 0 Å². The normalized spacial score (nSPS) is 17.5. The third-order valence-electron chi connectivity index (χ3n) is 3.44. The molecule has 0 spiro atoms. The van der Waals surface area contributed by atoms with E-state index in [2.05, 4.69) is 9.64 Å². The average Bonchev–Trinajstić information content (AvgIpc) is 2.42. The minimum atomic E-state index is -5.00. The standard InChI is InChI=1S/C14H16F4N2O2/c1-19-4-6-20(7-5-19)9-12(21)10-2-3-11(15)13(8-10)22-14(16,17)18/h2-3,8H,4-7,9H2,1H3. The monoisotopic (exact) mass is 320 g/mol. The Hall–Kier alpha value is -1.67. The number of hydrogen-bond donors (Lipinski definition) is 0. The topological polar surface area (TPSA) is 32.8 Å². The Morgan fingerprint density at radius 3 is 2.45 bits per heavy atom. The second-order valence-electron chi connectivity index (χ2n) is 5.20. The zero-order valence-electron chi connectivity index (χ0n) is 12.0. The molecule has 1 aliphatic rings. The molecule has 22 heavy (non-hydrogen) atoms. The van der Waals surface area contributed by atoms with Crippen LogP contribution in [0.25, 0.3) is 0 Å². The number of hydrogen-bond acceptors (Lipinski definition) is 4. The molecular weight excluding hydrogens is 304 g/mol. The Morgan fingerprint density at radius 2 is 1.86 bits per heavy atom. The molecule has 122 valence electrons. The quantitative estimate of drug-likeness (QED) is 0.629. The number of likely N-dealkylation sites (N-methyl/N-ethyl adjacent to an activating group) is 1. The zero-order valence-corrected chi connectivity index (χ0v) is 12.0. The molecule has 0 radical (unpaired) electrons. The lowest BCUT2D eigenvalue weighted by Crippen LogP contribution is -2.46. The van der Waals surface area contributed by atoms with Gasteiger partial charge in [0.05, 0.1) is 6.54 Å². The predicted octanol–water partition coefficient (Wildman–Crippen LogP) is 2.15. The minimum absolute atomic E-state index is 0.000391. The molecule has 0 bridgehead atoms. The van der Waals surface area contributed by atoms with Crippen LogP contribution in [-0.2, 0) is 0 Å². The van der Waals surface area contributed by atoms with Gasteiger partial charge in [0.2, 0.25) is 0 Å². The van der Waals surface area contributed by atoms with Crippen LogP contribution in [0.2, 0.25) is 0 Å². The van der Waals surface area contributed by atoms with Gasteiger partial charge in [0.15, 0.2) is 17.3 Å². The summed E-state index contributed by atoms with van der Waals surface area (Å²) in [6.07, 6.45) is -5.00. The van der Waals surface area contributed by atoms with Crippen LogP contribution in [0.3, 0.4) is 0 Å². The van der Waals surface area contributed by atoms with Crippen molar-refractivity contribution >= 4 is 5.78 Å². The van der Waals surface area contributed by atoms with Crippen LogP contribution in [-0.4, -0.2) is 61.7 Å². The van der Waals surface area contributed by atoms with Crippen LogP contribution in [0.4, 0.5) is 17.6 Å². The van der Waals surface area contributed by atoms with E-state index in [9.17, 15) is 22.4 Å². The van der Waals surface area contributed by atoms with Crippen molar-refractivity contribution in [1.82, 2.24) is 9.80 Å². The van der Waals surface area contributed by atoms with E-state index in [4.69, 9.17) is 0 Å². The Bertz CT molecular complexity index is 540. The number of halogens is 4. The van der Waals surface area contributed by atoms with Gasteiger partial charge in [0, 0.05) is 31.7 Å². The molecule has 1 aliphatic heterocycles. The Labute approximate surface area is 125 Å². The molecule has 1 heterocycles. The van der Waals surface area contributed by atoms with Gasteiger partial charge in [-0.05, 0) is 25.2 Å². The van der Waals surface area contributed by atoms with E-state index in [1.807, 2.05) is 11.9 Å². The van der Waals surface area contributed by atoms with Gasteiger partial charge >= 0.3 is 6.36 Å². The third kappa shape index (κ3) is 4.67. The number of alkyl halides is 3. The van der Waals surface area contributed by atoms with Gasteiger partial charge in [0.1, 0.15) is 0 Å². The van der Waals surface area contributed by atoms with E-state index in [0.29, 0.717) is 13.1 Å². The van der Waals surface area contributed by atoms with Gasteiger partial charge in [-0.15, -0.1) is 13.2 Å². The molecule has 1 aromatic carbocycles. The summed E-state index contributed by atoms with van der Waals surface area (Å²) in [5.41, 5.74) is -0.000391. The van der Waals surface area contributed by atoms with E-state index in [-0.39, 0.29) is 17.9 Å². The summed E-state index contributed by atoms with van der Waals surface area (Å²) >= 11 is 0. The summed E-state index contributed by atoms with van der Waals surface area (Å²) in [5.74, 6) is -2.51. The molecule has 0 saturated carbocycles. The highest BCUT2D eigenvalue weighted by Gasteiger charge is 2.32. The first-order chi connectivity index (χ1) is 10.2. The van der Waals surface area contributed by atoms with Crippen molar-refractivity contribution < 1.29 is 27.1 Å². The zero-order chi connectivity index (χ0) is 16.3. The first-order valence-corrected chi connectivity index (χ1v) is 6.74. The Morgan fingerprint density at radius 1 is 1.23 bits per heavy atom. The third-order valence-corrected chi connectivity index (χ3v) is 3.44. The van der Waals surface area contributed by atoms with Crippen LogP contribution in [0.1, 0.15) is 10.4 Å². The molecule has 0 aromatic heterocycles. The van der Waals surface area contributed by atoms with E-state index in [0.717, 1.165) is 31.3 Å². The van der Waals surface area contributed by atoms with Crippen LogP contribution in [0.5, 0.6) is 5.75 Å². The molecule has 0 atom stereocenters. The maximum Gasteiger partial charge on any atom is 0.573 e. The van der Waals surface area contributed by atoms with Crippen LogP contribution in [0.15, 0.2) is 18.2 Å². The molecule has 1 saturated heterocycles. The molecular formula is C14H16F4N2O2. The van der Waals surface area contributed by atoms with Crippen LogP contribution in [0, 0.1) is 5.82 Å². The van der Waals surface area contributed by atoms with Crippen molar-refractivity contribution in [3.05, 3.63) is 29.6 Å². The molecule has 1 fully saturated rings. The van der Waals surface area contributed by atoms with Gasteiger partial charge in [-0.3, -0.25) is 9.69 Å². The number of carbonyl (C=O) groups is 1. The lowest BCUT2D eigenvalue weighted by molar-refractivity contribution is -0.275. The highest BCUT2D eigenvalue weighted by Crippen LogP contribution is 2.26. The SMILES string of the molecule is CN1CCN(CC(=O)c2ccc(F)c(OC(F)(F)F)c2)CC1. The molecule has 2 rings (SSSR count). The van der Waals surface area contributed by atoms with Gasteiger partial charge in [-0.1, -0.05) is 0 Å². The van der Waals surface area contributed by atoms with Crippen molar-refractivity contribution in [2.45, 2.75) is 6.36 Å². The highest BCUT2D eigenvalue weighted by atomic mass is 19.4. The van der Waals surface area contributed by atoms with E-state index in [1.54, 1.807) is 0 Å². The Kier molecular flexibility index (Phi) is 5.02. The van der Waals surface area contributed by atoms with Crippen molar-refractivity contribution in [3.63, 3.8) is 0 Å². The van der Waals surface area contributed by atoms with E-state index < -0.39 is 17.9 Å². The maximum atomic E-state index is 13.3. The number of carbonyl (C=O) groups excluding carboxylic acids is 1. The fraction of sp³-hybridized carbons (Fsp3) is 0.500. The van der Waals surface area contributed by atoms with Crippen molar-refractivity contribution in [3.8, 4) is 5.75 Å². The second-order valence-corrected chi connectivity index (χ2v) is 5.20. The summed E-state index contributed by atoms with van der Waals surface area (Å²) in [4.78, 5) is 16.1. The molecule has 0 aliphatic carbocycles. The smallest absolute Gasteiger partial charge is 0.403 e. The summed E-state index contributed by atoms with van der Waals surface area (Å²) in [6, 6.07) is 2.76. The number of rotatable bonds is 4. The molecule has 0 N–H and O–H groups in total. The largest absolute Gasteiger partial charge is 0.573 e. The minimum Gasteiger partial charge on any atom is -0.403 e. The van der Waals surface area contributed by atoms with Gasteiger partial charge in [-0.2, -0.15) is 0 Å². The number of piperazine rings is 1. The number of ether oxygens (including phenoxy) is 1. The van der Waals surface area contributed by atoms with Crippen molar-refractivity contribution in [2.75, 3.05) is 39.8 Å². The van der Waals surface area contributed by atoms with Gasteiger partial charge < -0.3 is 9.64 Å². The number of Topliss-reactive ketones (excluding diaryl/α,β-unsaturated/α-hetero) is 1. The fourth-order valence-electron chi connectivity index (χ4n) is 2.18. The summed E-state index contributed by atoms with van der Waals surface area (Å²) in [5, 5.41) is 0. The average molecular weight is 320 g/mol. The van der Waals surface area contributed by atoms with Crippen molar-refractivity contribution in [2.24, 2.45) is 0 Å². The summed E-state index contributed by atoms with van der Waals surface area (Å²) in [7, 11) is 1.97. The molecule has 0 amide bonds. The first-order valence-electron chi connectivity index (χ1n) is 6.74. The van der Waals surface area contributed by atoms with Crippen LogP contribution >= 0.6 is 0 Å². The molecule has 4 nitrogen and oxygen atoms in total. The summed E-state index contributed by atoms with van der Waals surface area (Å²) < 4.78 is 53.4. The lowest BCUT2D eigenvalue weighted by atomic mass is 10.1. The van der Waals surface area contributed by atoms with Crippen molar-refractivity contribution in [1.29, 1.82) is 0 Å². The maximum absolute atomic E-state index is 13.3. The highest BCUT2D eigenvalue weighted by molar-refractivity contribution is 5.98. The van der Waals surface area contributed by atoms with Crippen LogP contribution < -0.4 is 4.74 Å². The molecule has 8 heteroatoms. The Balaban J connectivity index is 2.05. The number of nitrogens with zero attached hydrogens (tertiary/aromatic N) is 2. The summed E-state index contributed by atoms with van der Waals surface area (Å²) in [6.45, 7) is 3.13. The second kappa shape index (κ2) is 6.62. The van der Waals surface area contributed by atoms with E-state index in [1.165, 1.54) is 0 Å². The van der Waals surface area contributed by atoms with Gasteiger partial charge in [0.25, 0.3) is 0 Å². The first kappa shape index (κ1) is 16.7. The number of benzene rings is 1.